The minimum absolute atomic E-state index is 0.0681. The number of benzene rings is 1. The van der Waals surface area contributed by atoms with Crippen molar-refractivity contribution in [1.29, 1.82) is 0 Å². The van der Waals surface area contributed by atoms with Crippen LogP contribution in [0.1, 0.15) is 28.8 Å². The van der Waals surface area contributed by atoms with Gasteiger partial charge in [0, 0.05) is 30.8 Å². The van der Waals surface area contributed by atoms with Crippen LogP contribution < -0.4 is 27.2 Å². The number of carboxylic acids is 2. The van der Waals surface area contributed by atoms with Gasteiger partial charge in [0.15, 0.2) is 0 Å². The van der Waals surface area contributed by atoms with Crippen LogP contribution in [0.3, 0.4) is 0 Å². The zero-order valence-electron chi connectivity index (χ0n) is 17.1. The second-order valence-corrected chi connectivity index (χ2v) is 7.48. The molecule has 1 aliphatic heterocycles. The summed E-state index contributed by atoms with van der Waals surface area (Å²) in [5.41, 5.74) is 6.85. The third-order valence-electron chi connectivity index (χ3n) is 5.08. The average molecular weight is 444 g/mol. The summed E-state index contributed by atoms with van der Waals surface area (Å²) in [4.78, 5) is 52.8. The fourth-order valence-corrected chi connectivity index (χ4v) is 3.37. The van der Waals surface area contributed by atoms with E-state index in [0.29, 0.717) is 30.9 Å². The van der Waals surface area contributed by atoms with E-state index in [1.165, 1.54) is 0 Å². The first-order valence-electron chi connectivity index (χ1n) is 9.95. The number of nitrogens with zero attached hydrogens (tertiary/aromatic N) is 1. The SMILES string of the molecule is Nc1nc2c(c(=O)[nH]1)C[C@@H](CNc1ccc(C(=O)N[C@@H](CCC(=O)O)C(=O)O)cc1)CN2. The molecular weight excluding hydrogens is 420 g/mol. The van der Waals surface area contributed by atoms with Crippen LogP contribution in [0.15, 0.2) is 29.1 Å². The highest BCUT2D eigenvalue weighted by Gasteiger charge is 2.23. The van der Waals surface area contributed by atoms with E-state index in [4.69, 9.17) is 15.9 Å². The Labute approximate surface area is 182 Å². The van der Waals surface area contributed by atoms with Crippen molar-refractivity contribution in [2.45, 2.75) is 25.3 Å². The number of hydrogen-bond donors (Lipinski definition) is 7. The Balaban J connectivity index is 1.54. The van der Waals surface area contributed by atoms with Crippen LogP contribution in [0.4, 0.5) is 17.5 Å². The Kier molecular flexibility index (Phi) is 6.93. The van der Waals surface area contributed by atoms with Crippen molar-refractivity contribution in [2.24, 2.45) is 5.92 Å². The first-order valence-corrected chi connectivity index (χ1v) is 9.95. The van der Waals surface area contributed by atoms with Crippen LogP contribution >= 0.6 is 0 Å². The molecule has 2 atom stereocenters. The van der Waals surface area contributed by atoms with Gasteiger partial charge in [0.25, 0.3) is 11.5 Å². The summed E-state index contributed by atoms with van der Waals surface area (Å²) in [6, 6.07) is 5.16. The molecule has 12 nitrogen and oxygen atoms in total. The number of rotatable bonds is 9. The molecule has 1 aliphatic rings. The molecule has 170 valence electrons. The molecule has 0 spiro atoms. The molecule has 1 aromatic heterocycles. The number of aromatic nitrogens is 2. The van der Waals surface area contributed by atoms with Crippen molar-refractivity contribution < 1.29 is 24.6 Å². The third-order valence-corrected chi connectivity index (χ3v) is 5.08. The molecule has 1 amide bonds. The van der Waals surface area contributed by atoms with Crippen LogP contribution in [-0.2, 0) is 16.0 Å². The van der Waals surface area contributed by atoms with Crippen molar-refractivity contribution >= 4 is 35.3 Å². The minimum atomic E-state index is -1.29. The molecule has 0 saturated carbocycles. The fraction of sp³-hybridized carbons (Fsp3) is 0.350. The predicted molar refractivity (Wildman–Crippen MR) is 116 cm³/mol. The molecule has 1 aromatic carbocycles. The van der Waals surface area contributed by atoms with E-state index in [1.807, 2.05) is 0 Å². The molecule has 8 N–H and O–H groups in total. The van der Waals surface area contributed by atoms with Gasteiger partial charge in [0.1, 0.15) is 11.9 Å². The van der Waals surface area contributed by atoms with Crippen LogP contribution in [0, 0.1) is 5.92 Å². The van der Waals surface area contributed by atoms with E-state index < -0.39 is 23.9 Å². The number of hydrogen-bond acceptors (Lipinski definition) is 8. The van der Waals surface area contributed by atoms with Gasteiger partial charge in [0.2, 0.25) is 5.95 Å². The number of fused-ring (bicyclic) bond motifs is 1. The Morgan fingerprint density at radius 2 is 1.94 bits per heavy atom. The second kappa shape index (κ2) is 9.81. The Morgan fingerprint density at radius 1 is 1.22 bits per heavy atom. The Morgan fingerprint density at radius 3 is 2.59 bits per heavy atom. The number of aliphatic carboxylic acids is 2. The summed E-state index contributed by atoms with van der Waals surface area (Å²) in [5, 5.41) is 26.5. The monoisotopic (exact) mass is 444 g/mol. The van der Waals surface area contributed by atoms with E-state index >= 15 is 0 Å². The first kappa shape index (κ1) is 22.6. The molecule has 2 heterocycles. The van der Waals surface area contributed by atoms with E-state index in [-0.39, 0.29) is 35.8 Å². The van der Waals surface area contributed by atoms with Gasteiger partial charge in [-0.3, -0.25) is 19.4 Å². The lowest BCUT2D eigenvalue weighted by Gasteiger charge is -2.25. The molecular formula is C20H24N6O6. The smallest absolute Gasteiger partial charge is 0.326 e. The van der Waals surface area contributed by atoms with E-state index in [2.05, 4.69) is 25.9 Å². The Hall–Kier alpha value is -4.09. The van der Waals surface area contributed by atoms with Crippen molar-refractivity contribution in [3.8, 4) is 0 Å². The van der Waals surface area contributed by atoms with Gasteiger partial charge in [0.05, 0.1) is 5.56 Å². The number of anilines is 3. The molecule has 32 heavy (non-hydrogen) atoms. The topological polar surface area (TPSA) is 200 Å². The average Bonchev–Trinajstić information content (AvgIpc) is 2.75. The van der Waals surface area contributed by atoms with Crippen LogP contribution in [0.25, 0.3) is 0 Å². The molecule has 0 saturated heterocycles. The maximum atomic E-state index is 12.3. The summed E-state index contributed by atoms with van der Waals surface area (Å²) in [6.07, 6.45) is -0.0409. The van der Waals surface area contributed by atoms with Gasteiger partial charge >= 0.3 is 11.9 Å². The van der Waals surface area contributed by atoms with Crippen molar-refractivity contribution in [2.75, 3.05) is 29.5 Å². The molecule has 0 aliphatic carbocycles. The largest absolute Gasteiger partial charge is 0.481 e. The van der Waals surface area contributed by atoms with Gasteiger partial charge < -0.3 is 31.9 Å². The minimum Gasteiger partial charge on any atom is -0.481 e. The Bertz CT molecular complexity index is 1070. The lowest BCUT2D eigenvalue weighted by molar-refractivity contribution is -0.140. The molecule has 2 aromatic rings. The number of amides is 1. The summed E-state index contributed by atoms with van der Waals surface area (Å²) in [7, 11) is 0. The normalized spacial score (nSPS) is 15.7. The number of nitrogens with one attached hydrogen (secondary N) is 4. The van der Waals surface area contributed by atoms with Crippen LogP contribution in [0.5, 0.6) is 0 Å². The summed E-state index contributed by atoms with van der Waals surface area (Å²) < 4.78 is 0. The van der Waals surface area contributed by atoms with E-state index in [1.54, 1.807) is 24.3 Å². The lowest BCUT2D eigenvalue weighted by Crippen LogP contribution is -2.41. The molecule has 0 fully saturated rings. The van der Waals surface area contributed by atoms with E-state index in [0.717, 1.165) is 5.69 Å². The maximum absolute atomic E-state index is 12.3. The highest BCUT2D eigenvalue weighted by atomic mass is 16.4. The molecule has 0 unspecified atom stereocenters. The highest BCUT2D eigenvalue weighted by molar-refractivity contribution is 5.96. The first-order chi connectivity index (χ1) is 15.2. The second-order valence-electron chi connectivity index (χ2n) is 7.48. The number of carboxylic acid groups (broad SMARTS) is 2. The van der Waals surface area contributed by atoms with E-state index in [9.17, 15) is 19.2 Å². The van der Waals surface area contributed by atoms with Gasteiger partial charge in [-0.1, -0.05) is 0 Å². The number of carbonyl (C=O) groups is 3. The fourth-order valence-electron chi connectivity index (χ4n) is 3.37. The zero-order chi connectivity index (χ0) is 23.3. The van der Waals surface area contributed by atoms with Crippen LogP contribution in [-0.4, -0.2) is 57.2 Å². The number of nitrogens with two attached hydrogens (primary N) is 1. The number of H-pyrrole nitrogens is 1. The molecule has 0 radical (unpaired) electrons. The predicted octanol–water partition coefficient (Wildman–Crippen LogP) is 0.0962. The van der Waals surface area contributed by atoms with Crippen molar-refractivity contribution in [3.63, 3.8) is 0 Å². The molecule has 12 heteroatoms. The lowest BCUT2D eigenvalue weighted by atomic mass is 9.96. The summed E-state index contributed by atoms with van der Waals surface area (Å²) in [5.74, 6) is -2.34. The quantitative estimate of drug-likeness (QED) is 0.278. The van der Waals surface area contributed by atoms with Crippen molar-refractivity contribution in [1.82, 2.24) is 15.3 Å². The number of aromatic amines is 1. The van der Waals surface area contributed by atoms with Gasteiger partial charge in [-0.15, -0.1) is 0 Å². The summed E-state index contributed by atoms with van der Waals surface area (Å²) in [6.45, 7) is 1.18. The maximum Gasteiger partial charge on any atom is 0.326 e. The standard InChI is InChI=1S/C20H24N6O6/c21-20-25-16-13(18(30)26-20)7-10(9-23-16)8-22-12-3-1-11(2-4-12)17(29)24-14(19(31)32)5-6-15(27)28/h1-4,10,14,22H,5-9H2,(H,24,29)(H,27,28)(H,31,32)(H4,21,23,25,26,30)/t10-,14-/m0/s1. The zero-order valence-corrected chi connectivity index (χ0v) is 17.1. The highest BCUT2D eigenvalue weighted by Crippen LogP contribution is 2.21. The molecule has 3 rings (SSSR count). The molecule has 0 bridgehead atoms. The summed E-state index contributed by atoms with van der Waals surface area (Å²) >= 11 is 0. The van der Waals surface area contributed by atoms with Crippen molar-refractivity contribution in [3.05, 3.63) is 45.7 Å². The van der Waals surface area contributed by atoms with Gasteiger partial charge in [-0.25, -0.2) is 4.79 Å². The van der Waals surface area contributed by atoms with Gasteiger partial charge in [-0.2, -0.15) is 4.98 Å². The number of nitrogen functional groups attached to an aromatic ring is 1. The third kappa shape index (κ3) is 5.74. The van der Waals surface area contributed by atoms with Gasteiger partial charge in [-0.05, 0) is 43.0 Å². The number of carbonyl (C=O) groups excluding carboxylic acids is 1. The van der Waals surface area contributed by atoms with Crippen LogP contribution in [0.2, 0.25) is 0 Å².